The van der Waals surface area contributed by atoms with E-state index in [0.29, 0.717) is 43.1 Å². The minimum absolute atomic E-state index is 0.0689. The maximum atomic E-state index is 13.0. The van der Waals surface area contributed by atoms with Crippen molar-refractivity contribution >= 4 is 17.4 Å². The number of rotatable bonds is 12. The first-order chi connectivity index (χ1) is 16.4. The van der Waals surface area contributed by atoms with E-state index in [1.807, 2.05) is 19.9 Å². The van der Waals surface area contributed by atoms with Crippen molar-refractivity contribution in [3.63, 3.8) is 0 Å². The van der Waals surface area contributed by atoms with E-state index in [0.717, 1.165) is 19.3 Å². The molecule has 1 aliphatic rings. The van der Waals surface area contributed by atoms with Crippen LogP contribution in [0.2, 0.25) is 0 Å². The van der Waals surface area contributed by atoms with Gasteiger partial charge in [-0.2, -0.15) is 0 Å². The summed E-state index contributed by atoms with van der Waals surface area (Å²) in [6, 6.07) is 9.78. The molecule has 2 aromatic rings. The van der Waals surface area contributed by atoms with E-state index in [1.54, 1.807) is 42.7 Å². The highest BCUT2D eigenvalue weighted by molar-refractivity contribution is 6.46. The SMILES string of the molecule is CCCCCOc1ccc(/C(O)=C2/C(=O)C(=O)N(CCCOC(C)C)C2c2cccnc2)cc1. The van der Waals surface area contributed by atoms with Crippen molar-refractivity contribution in [2.45, 2.75) is 58.6 Å². The lowest BCUT2D eigenvalue weighted by molar-refractivity contribution is -0.140. The molecule has 1 atom stereocenters. The van der Waals surface area contributed by atoms with Crippen LogP contribution in [-0.2, 0) is 14.3 Å². The quantitative estimate of drug-likeness (QED) is 0.207. The summed E-state index contributed by atoms with van der Waals surface area (Å²) in [5.74, 6) is -0.834. The predicted octanol–water partition coefficient (Wildman–Crippen LogP) is 4.89. The molecule has 1 fully saturated rings. The Bertz CT molecular complexity index is 986. The molecule has 34 heavy (non-hydrogen) atoms. The Morgan fingerprint density at radius 3 is 2.50 bits per heavy atom. The van der Waals surface area contributed by atoms with Crippen molar-refractivity contribution in [3.05, 3.63) is 65.5 Å². The Hall–Kier alpha value is -3.19. The highest BCUT2D eigenvalue weighted by Gasteiger charge is 2.45. The Morgan fingerprint density at radius 1 is 1.09 bits per heavy atom. The number of amides is 1. The number of hydrogen-bond acceptors (Lipinski definition) is 6. The van der Waals surface area contributed by atoms with Crippen LogP contribution >= 0.6 is 0 Å². The lowest BCUT2D eigenvalue weighted by Gasteiger charge is -2.25. The summed E-state index contributed by atoms with van der Waals surface area (Å²) in [7, 11) is 0. The van der Waals surface area contributed by atoms with Crippen LogP contribution in [0.15, 0.2) is 54.4 Å². The Morgan fingerprint density at radius 2 is 1.85 bits per heavy atom. The van der Waals surface area contributed by atoms with Gasteiger partial charge in [-0.05, 0) is 62.6 Å². The normalized spacial score (nSPS) is 17.5. The van der Waals surface area contributed by atoms with Crippen LogP contribution in [0.1, 0.15) is 63.6 Å². The fourth-order valence-electron chi connectivity index (χ4n) is 3.96. The summed E-state index contributed by atoms with van der Waals surface area (Å²) in [6.45, 7) is 7.47. The standard InChI is InChI=1S/C27H34N2O5/c1-4-5-6-16-34-22-12-10-20(11-13-22)25(30)23-24(21-9-7-14-28-18-21)29(27(32)26(23)31)15-8-17-33-19(2)3/h7,9-14,18-19,24,30H,4-6,8,15-17H2,1-3H3/b25-23-. The number of aromatic nitrogens is 1. The summed E-state index contributed by atoms with van der Waals surface area (Å²) in [5.41, 5.74) is 1.19. The molecular weight excluding hydrogens is 432 g/mol. The molecule has 2 heterocycles. The molecule has 1 amide bonds. The van der Waals surface area contributed by atoms with E-state index in [4.69, 9.17) is 9.47 Å². The summed E-state index contributed by atoms with van der Waals surface area (Å²) in [4.78, 5) is 31.6. The average Bonchev–Trinajstić information content (AvgIpc) is 3.10. The van der Waals surface area contributed by atoms with E-state index < -0.39 is 17.7 Å². The van der Waals surface area contributed by atoms with Crippen LogP contribution in [0.5, 0.6) is 5.75 Å². The maximum absolute atomic E-state index is 13.0. The number of carbonyl (C=O) groups excluding carboxylic acids is 2. The molecule has 7 heteroatoms. The van der Waals surface area contributed by atoms with Gasteiger partial charge in [-0.25, -0.2) is 0 Å². The molecule has 3 rings (SSSR count). The van der Waals surface area contributed by atoms with Crippen LogP contribution in [0, 0.1) is 0 Å². The Kier molecular flexibility index (Phi) is 9.22. The molecule has 1 aromatic carbocycles. The van der Waals surface area contributed by atoms with E-state index in [-0.39, 0.29) is 17.4 Å². The van der Waals surface area contributed by atoms with Crippen LogP contribution < -0.4 is 4.74 Å². The van der Waals surface area contributed by atoms with E-state index in [2.05, 4.69) is 11.9 Å². The summed E-state index contributed by atoms with van der Waals surface area (Å²) in [6.07, 6.45) is 7.12. The van der Waals surface area contributed by atoms with Gasteiger partial charge in [-0.1, -0.05) is 25.8 Å². The van der Waals surface area contributed by atoms with Gasteiger partial charge in [0.05, 0.1) is 24.3 Å². The van der Waals surface area contributed by atoms with Gasteiger partial charge in [-0.3, -0.25) is 14.6 Å². The maximum Gasteiger partial charge on any atom is 0.295 e. The number of aliphatic hydroxyl groups is 1. The van der Waals surface area contributed by atoms with Gasteiger partial charge >= 0.3 is 0 Å². The van der Waals surface area contributed by atoms with Gasteiger partial charge in [0, 0.05) is 31.1 Å². The number of ether oxygens (including phenoxy) is 2. The smallest absolute Gasteiger partial charge is 0.295 e. The topological polar surface area (TPSA) is 89.0 Å². The molecule has 1 aromatic heterocycles. The third-order valence-electron chi connectivity index (χ3n) is 5.68. The fourth-order valence-corrected chi connectivity index (χ4v) is 3.96. The Balaban J connectivity index is 1.87. The van der Waals surface area contributed by atoms with Crippen molar-refractivity contribution in [1.82, 2.24) is 9.88 Å². The summed E-state index contributed by atoms with van der Waals surface area (Å²) < 4.78 is 11.3. The van der Waals surface area contributed by atoms with Crippen LogP contribution in [-0.4, -0.2) is 52.5 Å². The molecule has 1 unspecified atom stereocenters. The number of Topliss-reactive ketones (excluding diaryl/α,β-unsaturated/α-hetero) is 1. The minimum Gasteiger partial charge on any atom is -0.507 e. The third kappa shape index (κ3) is 6.23. The predicted molar refractivity (Wildman–Crippen MR) is 130 cm³/mol. The highest BCUT2D eigenvalue weighted by atomic mass is 16.5. The summed E-state index contributed by atoms with van der Waals surface area (Å²) in [5, 5.41) is 11.1. The molecule has 0 bridgehead atoms. The Labute approximate surface area is 201 Å². The number of nitrogens with zero attached hydrogens (tertiary/aromatic N) is 2. The number of aliphatic hydroxyl groups excluding tert-OH is 1. The summed E-state index contributed by atoms with van der Waals surface area (Å²) >= 11 is 0. The van der Waals surface area contributed by atoms with Gasteiger partial charge in [0.2, 0.25) is 0 Å². The second-order valence-electron chi connectivity index (χ2n) is 8.63. The van der Waals surface area contributed by atoms with Crippen LogP contribution in [0.4, 0.5) is 0 Å². The second kappa shape index (κ2) is 12.3. The first kappa shape index (κ1) is 25.4. The van der Waals surface area contributed by atoms with Gasteiger partial charge in [0.1, 0.15) is 11.5 Å². The number of carbonyl (C=O) groups is 2. The number of benzene rings is 1. The first-order valence-corrected chi connectivity index (χ1v) is 12.0. The van der Waals surface area contributed by atoms with Crippen LogP contribution in [0.3, 0.4) is 0 Å². The number of ketones is 1. The molecule has 1 N–H and O–H groups in total. The van der Waals surface area contributed by atoms with Crippen molar-refractivity contribution < 1.29 is 24.2 Å². The first-order valence-electron chi connectivity index (χ1n) is 12.0. The molecule has 0 spiro atoms. The van der Waals surface area contributed by atoms with Crippen molar-refractivity contribution in [2.75, 3.05) is 19.8 Å². The molecule has 7 nitrogen and oxygen atoms in total. The minimum atomic E-state index is -0.710. The van der Waals surface area contributed by atoms with Gasteiger partial charge in [0.15, 0.2) is 0 Å². The van der Waals surface area contributed by atoms with Gasteiger partial charge in [0.25, 0.3) is 11.7 Å². The van der Waals surface area contributed by atoms with Crippen LogP contribution in [0.25, 0.3) is 5.76 Å². The molecule has 0 radical (unpaired) electrons. The van der Waals surface area contributed by atoms with E-state index >= 15 is 0 Å². The molecule has 1 saturated heterocycles. The third-order valence-corrected chi connectivity index (χ3v) is 5.68. The zero-order valence-electron chi connectivity index (χ0n) is 20.2. The zero-order valence-corrected chi connectivity index (χ0v) is 20.2. The largest absolute Gasteiger partial charge is 0.507 e. The molecule has 0 aliphatic carbocycles. The highest BCUT2D eigenvalue weighted by Crippen LogP contribution is 2.39. The molecule has 182 valence electrons. The number of likely N-dealkylation sites (tertiary alicyclic amines) is 1. The number of hydrogen-bond donors (Lipinski definition) is 1. The lowest BCUT2D eigenvalue weighted by Crippen LogP contribution is -2.31. The molecular formula is C27H34N2O5. The monoisotopic (exact) mass is 466 g/mol. The number of pyridine rings is 1. The fraction of sp³-hybridized carbons (Fsp3) is 0.444. The van der Waals surface area contributed by atoms with Crippen molar-refractivity contribution in [1.29, 1.82) is 0 Å². The molecule has 1 aliphatic heterocycles. The second-order valence-corrected chi connectivity index (χ2v) is 8.63. The van der Waals surface area contributed by atoms with Gasteiger partial charge < -0.3 is 19.5 Å². The van der Waals surface area contributed by atoms with E-state index in [1.165, 1.54) is 4.90 Å². The van der Waals surface area contributed by atoms with E-state index in [9.17, 15) is 14.7 Å². The van der Waals surface area contributed by atoms with Crippen molar-refractivity contribution in [3.8, 4) is 5.75 Å². The van der Waals surface area contributed by atoms with Gasteiger partial charge in [-0.15, -0.1) is 0 Å². The number of unbranched alkanes of at least 4 members (excludes halogenated alkanes) is 2. The molecule has 0 saturated carbocycles. The average molecular weight is 467 g/mol. The zero-order chi connectivity index (χ0) is 24.5. The van der Waals surface area contributed by atoms with Crippen molar-refractivity contribution in [2.24, 2.45) is 0 Å². The lowest BCUT2D eigenvalue weighted by atomic mass is 9.96.